The van der Waals surface area contributed by atoms with Gasteiger partial charge in [0.2, 0.25) is 0 Å². The van der Waals surface area contributed by atoms with Crippen LogP contribution in [0.2, 0.25) is 0 Å². The van der Waals surface area contributed by atoms with Gasteiger partial charge in [-0.25, -0.2) is 0 Å². The van der Waals surface area contributed by atoms with Crippen molar-refractivity contribution in [1.82, 2.24) is 4.90 Å². The molecule has 0 aromatic carbocycles. The van der Waals surface area contributed by atoms with Crippen LogP contribution in [-0.2, 0) is 9.53 Å². The molecule has 4 nitrogen and oxygen atoms in total. The van der Waals surface area contributed by atoms with E-state index in [1.54, 1.807) is 6.92 Å². The first-order valence-electron chi connectivity index (χ1n) is 4.16. The number of aliphatic hydroxyl groups excluding tert-OH is 1. The van der Waals surface area contributed by atoms with Gasteiger partial charge in [0, 0.05) is 13.1 Å². The van der Waals surface area contributed by atoms with Gasteiger partial charge in [0.15, 0.2) is 0 Å². The summed E-state index contributed by atoms with van der Waals surface area (Å²) in [6.07, 6.45) is -0.113. The zero-order valence-electron chi connectivity index (χ0n) is 7.32. The Bertz CT molecular complexity index is 160. The lowest BCUT2D eigenvalue weighted by Gasteiger charge is -2.31. The molecule has 0 spiro atoms. The highest BCUT2D eigenvalue weighted by atomic mass is 16.5. The van der Waals surface area contributed by atoms with Crippen LogP contribution in [0.4, 0.5) is 0 Å². The van der Waals surface area contributed by atoms with Crippen molar-refractivity contribution in [3.05, 3.63) is 0 Å². The Hall–Kier alpha value is -0.450. The fraction of sp³-hybridized carbons (Fsp3) is 0.875. The van der Waals surface area contributed by atoms with Crippen molar-refractivity contribution in [2.75, 3.05) is 32.8 Å². The lowest BCUT2D eigenvalue weighted by atomic mass is 10.2. The molecule has 0 aliphatic carbocycles. The minimum atomic E-state index is -0.113. The van der Waals surface area contributed by atoms with E-state index in [-0.39, 0.29) is 18.5 Å². The van der Waals surface area contributed by atoms with Crippen molar-refractivity contribution < 1.29 is 14.6 Å². The fourth-order valence-electron chi connectivity index (χ4n) is 1.35. The van der Waals surface area contributed by atoms with E-state index in [1.807, 2.05) is 4.90 Å². The van der Waals surface area contributed by atoms with E-state index < -0.39 is 0 Å². The maximum atomic E-state index is 10.8. The lowest BCUT2D eigenvalue weighted by molar-refractivity contribution is -0.120. The molecule has 0 amide bonds. The standard InChI is InChI=1S/C8H15NO3/c1-7(11)4-9-2-3-12-8(5-9)6-10/h8,10H,2-6H2,1H3/t8-/m1/s1. The molecule has 0 saturated carbocycles. The molecule has 1 rings (SSSR count). The first kappa shape index (κ1) is 9.64. The van der Waals surface area contributed by atoms with Gasteiger partial charge in [0.25, 0.3) is 0 Å². The number of ether oxygens (including phenoxy) is 1. The zero-order valence-corrected chi connectivity index (χ0v) is 7.32. The minimum Gasteiger partial charge on any atom is -0.394 e. The molecule has 0 aromatic heterocycles. The first-order valence-corrected chi connectivity index (χ1v) is 4.16. The Labute approximate surface area is 72.1 Å². The quantitative estimate of drug-likeness (QED) is 0.611. The molecular weight excluding hydrogens is 158 g/mol. The van der Waals surface area contributed by atoms with Gasteiger partial charge in [-0.1, -0.05) is 0 Å². The summed E-state index contributed by atoms with van der Waals surface area (Å²) in [5, 5.41) is 8.81. The van der Waals surface area contributed by atoms with E-state index in [9.17, 15) is 4.79 Å². The molecule has 1 heterocycles. The number of hydrogen-bond donors (Lipinski definition) is 1. The number of hydrogen-bond acceptors (Lipinski definition) is 4. The molecule has 0 unspecified atom stereocenters. The van der Waals surface area contributed by atoms with Crippen LogP contribution in [0.1, 0.15) is 6.92 Å². The summed E-state index contributed by atoms with van der Waals surface area (Å²) in [6, 6.07) is 0. The van der Waals surface area contributed by atoms with E-state index in [1.165, 1.54) is 0 Å². The van der Waals surface area contributed by atoms with Gasteiger partial charge in [-0.15, -0.1) is 0 Å². The topological polar surface area (TPSA) is 49.8 Å². The largest absolute Gasteiger partial charge is 0.394 e. The fourth-order valence-corrected chi connectivity index (χ4v) is 1.35. The SMILES string of the molecule is CC(=O)CN1CCO[C@@H](CO)C1. The van der Waals surface area contributed by atoms with Crippen LogP contribution >= 0.6 is 0 Å². The molecule has 1 saturated heterocycles. The molecule has 1 fully saturated rings. The Balaban J connectivity index is 2.30. The van der Waals surface area contributed by atoms with E-state index >= 15 is 0 Å². The molecule has 1 N–H and O–H groups in total. The molecule has 12 heavy (non-hydrogen) atoms. The number of carbonyl (C=O) groups excluding carboxylic acids is 1. The average molecular weight is 173 g/mol. The predicted octanol–water partition coefficient (Wildman–Crippen LogP) is -0.732. The van der Waals surface area contributed by atoms with E-state index in [2.05, 4.69) is 0 Å². The highest BCUT2D eigenvalue weighted by Gasteiger charge is 2.19. The minimum absolute atomic E-state index is 0.0361. The third-order valence-electron chi connectivity index (χ3n) is 1.87. The molecular formula is C8H15NO3. The van der Waals surface area contributed by atoms with Gasteiger partial charge in [0.1, 0.15) is 5.78 Å². The van der Waals surface area contributed by atoms with Gasteiger partial charge in [-0.2, -0.15) is 0 Å². The van der Waals surface area contributed by atoms with E-state index in [0.717, 1.165) is 6.54 Å². The van der Waals surface area contributed by atoms with Crippen molar-refractivity contribution in [2.24, 2.45) is 0 Å². The molecule has 4 heteroatoms. The maximum Gasteiger partial charge on any atom is 0.143 e. The molecule has 1 aliphatic heterocycles. The average Bonchev–Trinajstić information content (AvgIpc) is 2.03. The summed E-state index contributed by atoms with van der Waals surface area (Å²) in [4.78, 5) is 12.8. The summed E-state index contributed by atoms with van der Waals surface area (Å²) >= 11 is 0. The number of rotatable bonds is 3. The molecule has 0 bridgehead atoms. The Morgan fingerprint density at radius 1 is 1.75 bits per heavy atom. The summed E-state index contributed by atoms with van der Waals surface area (Å²) < 4.78 is 5.24. The third kappa shape index (κ3) is 2.89. The number of ketones is 1. The molecule has 70 valence electrons. The van der Waals surface area contributed by atoms with Crippen LogP contribution < -0.4 is 0 Å². The normalized spacial score (nSPS) is 25.7. The highest BCUT2D eigenvalue weighted by Crippen LogP contribution is 2.03. The number of nitrogens with zero attached hydrogens (tertiary/aromatic N) is 1. The molecule has 1 aliphatic rings. The van der Waals surface area contributed by atoms with E-state index in [0.29, 0.717) is 19.7 Å². The monoisotopic (exact) mass is 173 g/mol. The van der Waals surface area contributed by atoms with Crippen LogP contribution in [0.25, 0.3) is 0 Å². The predicted molar refractivity (Wildman–Crippen MR) is 43.9 cm³/mol. The van der Waals surface area contributed by atoms with Crippen molar-refractivity contribution in [2.45, 2.75) is 13.0 Å². The lowest BCUT2D eigenvalue weighted by Crippen LogP contribution is -2.45. The second-order valence-electron chi connectivity index (χ2n) is 3.11. The number of morpholine rings is 1. The summed E-state index contributed by atoms with van der Waals surface area (Å²) in [6.45, 7) is 4.14. The molecule has 1 atom stereocenters. The number of aliphatic hydroxyl groups is 1. The van der Waals surface area contributed by atoms with Crippen LogP contribution in [0.15, 0.2) is 0 Å². The van der Waals surface area contributed by atoms with Gasteiger partial charge >= 0.3 is 0 Å². The van der Waals surface area contributed by atoms with Crippen LogP contribution in [0, 0.1) is 0 Å². The van der Waals surface area contributed by atoms with Gasteiger partial charge in [-0.3, -0.25) is 9.69 Å². The third-order valence-corrected chi connectivity index (χ3v) is 1.87. The summed E-state index contributed by atoms with van der Waals surface area (Å²) in [5.74, 6) is 0.161. The van der Waals surface area contributed by atoms with Crippen molar-refractivity contribution in [1.29, 1.82) is 0 Å². The van der Waals surface area contributed by atoms with Crippen molar-refractivity contribution in [3.8, 4) is 0 Å². The van der Waals surface area contributed by atoms with Crippen LogP contribution in [-0.4, -0.2) is 54.7 Å². The first-order chi connectivity index (χ1) is 5.72. The van der Waals surface area contributed by atoms with Gasteiger partial charge in [-0.05, 0) is 6.92 Å². The summed E-state index contributed by atoms with van der Waals surface area (Å²) in [5.41, 5.74) is 0. The van der Waals surface area contributed by atoms with Crippen molar-refractivity contribution in [3.63, 3.8) is 0 Å². The molecule has 0 aromatic rings. The Morgan fingerprint density at radius 3 is 3.08 bits per heavy atom. The Morgan fingerprint density at radius 2 is 2.50 bits per heavy atom. The number of carbonyl (C=O) groups is 1. The van der Waals surface area contributed by atoms with Crippen LogP contribution in [0.5, 0.6) is 0 Å². The number of Topliss-reactive ketones (excluding diaryl/α,β-unsaturated/α-hetero) is 1. The van der Waals surface area contributed by atoms with Gasteiger partial charge < -0.3 is 9.84 Å². The second-order valence-corrected chi connectivity index (χ2v) is 3.11. The highest BCUT2D eigenvalue weighted by molar-refractivity contribution is 5.77. The summed E-state index contributed by atoms with van der Waals surface area (Å²) in [7, 11) is 0. The van der Waals surface area contributed by atoms with E-state index in [4.69, 9.17) is 9.84 Å². The smallest absolute Gasteiger partial charge is 0.143 e. The zero-order chi connectivity index (χ0) is 8.97. The second kappa shape index (κ2) is 4.54. The van der Waals surface area contributed by atoms with Crippen molar-refractivity contribution >= 4 is 5.78 Å². The Kier molecular flexibility index (Phi) is 3.65. The van der Waals surface area contributed by atoms with Gasteiger partial charge in [0.05, 0.1) is 25.9 Å². The van der Waals surface area contributed by atoms with Crippen LogP contribution in [0.3, 0.4) is 0 Å². The maximum absolute atomic E-state index is 10.8. The molecule has 0 radical (unpaired) electrons.